The molecule has 2 amide bonds. The van der Waals surface area contributed by atoms with Gasteiger partial charge >= 0.3 is 0 Å². The molecule has 0 spiro atoms. The van der Waals surface area contributed by atoms with Gasteiger partial charge < -0.3 is 24.2 Å². The van der Waals surface area contributed by atoms with Gasteiger partial charge in [0, 0.05) is 12.2 Å². The molecule has 5 atom stereocenters. The Morgan fingerprint density at radius 2 is 1.57 bits per heavy atom. The zero-order valence-electron chi connectivity index (χ0n) is 32.6. The van der Waals surface area contributed by atoms with Crippen molar-refractivity contribution < 1.29 is 28.9 Å². The number of carbonyl (C=O) groups excluding carboxylic acids is 2. The minimum atomic E-state index is -2.22. The third-order valence-corrected chi connectivity index (χ3v) is 16.8. The summed E-state index contributed by atoms with van der Waals surface area (Å²) in [6.45, 7) is 7.51. The van der Waals surface area contributed by atoms with Crippen LogP contribution in [0, 0.1) is 5.92 Å². The van der Waals surface area contributed by atoms with Crippen molar-refractivity contribution in [2.75, 3.05) is 18.6 Å². The predicted molar refractivity (Wildman–Crippen MR) is 222 cm³/mol. The summed E-state index contributed by atoms with van der Waals surface area (Å²) in [5.74, 6) is 2.07. The second kappa shape index (κ2) is 15.7. The maximum absolute atomic E-state index is 14.3. The van der Waals surface area contributed by atoms with Crippen LogP contribution in [0.15, 0.2) is 121 Å². The van der Waals surface area contributed by atoms with Crippen molar-refractivity contribution in [1.82, 2.24) is 4.90 Å². The van der Waals surface area contributed by atoms with Crippen LogP contribution in [-0.4, -0.2) is 61.9 Å². The fourth-order valence-corrected chi connectivity index (χ4v) is 13.5. The van der Waals surface area contributed by atoms with Crippen molar-refractivity contribution in [2.45, 2.75) is 76.0 Å². The molecule has 288 valence electrons. The number of rotatable bonds is 10. The number of carbonyl (C=O) groups is 2. The van der Waals surface area contributed by atoms with Crippen LogP contribution in [0.2, 0.25) is 18.6 Å². The van der Waals surface area contributed by atoms with Crippen molar-refractivity contribution in [3.05, 3.63) is 144 Å². The maximum Gasteiger partial charge on any atom is 0.266 e. The van der Waals surface area contributed by atoms with Gasteiger partial charge in [-0.05, 0) is 95.9 Å². The number of methoxy groups -OCH3 is 1. The van der Waals surface area contributed by atoms with Crippen LogP contribution < -0.4 is 19.6 Å². The molecule has 8 nitrogen and oxygen atoms in total. The number of fused-ring (bicyclic) bond motifs is 3. The summed E-state index contributed by atoms with van der Waals surface area (Å²) in [6.07, 6.45) is 2.10. The Labute approximate surface area is 330 Å². The Hall–Kier alpha value is -5.22. The molecular weight excluding hydrogens is 717 g/mol. The van der Waals surface area contributed by atoms with Gasteiger partial charge in [0.25, 0.3) is 5.91 Å². The molecule has 0 unspecified atom stereocenters. The molecule has 1 fully saturated rings. The number of hydrogen-bond acceptors (Lipinski definition) is 6. The van der Waals surface area contributed by atoms with Crippen molar-refractivity contribution >= 4 is 36.4 Å². The van der Waals surface area contributed by atoms with Gasteiger partial charge in [-0.3, -0.25) is 14.5 Å². The number of ether oxygens (including phenoxy) is 3. The summed E-state index contributed by atoms with van der Waals surface area (Å²) in [4.78, 5) is 32.1. The monoisotopic (exact) mass is 766 g/mol. The highest BCUT2D eigenvalue weighted by molar-refractivity contribution is 6.91. The third-order valence-electron chi connectivity index (χ3n) is 12.4. The van der Waals surface area contributed by atoms with Crippen LogP contribution in [0.5, 0.6) is 17.2 Å². The van der Waals surface area contributed by atoms with E-state index in [1.165, 1.54) is 10.8 Å². The van der Waals surface area contributed by atoms with E-state index in [1.807, 2.05) is 89.8 Å². The minimum absolute atomic E-state index is 0.0292. The number of nitrogens with zero attached hydrogens (tertiary/aromatic N) is 2. The molecular formula is C47H50N2O6Si. The van der Waals surface area contributed by atoms with Crippen molar-refractivity contribution in [3.8, 4) is 17.2 Å². The highest BCUT2D eigenvalue weighted by Gasteiger charge is 2.51. The van der Waals surface area contributed by atoms with Gasteiger partial charge in [0.2, 0.25) is 5.91 Å². The largest absolute Gasteiger partial charge is 0.497 e. The van der Waals surface area contributed by atoms with Gasteiger partial charge in [-0.1, -0.05) is 98.0 Å². The molecule has 56 heavy (non-hydrogen) atoms. The molecule has 5 aromatic rings. The fraction of sp³-hybridized carbons (Fsp3) is 0.319. The highest BCUT2D eigenvalue weighted by Crippen LogP contribution is 2.47. The summed E-state index contributed by atoms with van der Waals surface area (Å²) in [7, 11) is -0.537. The second-order valence-corrected chi connectivity index (χ2v) is 20.7. The van der Waals surface area contributed by atoms with E-state index in [1.54, 1.807) is 12.0 Å². The first kappa shape index (κ1) is 37.7. The Morgan fingerprint density at radius 1 is 0.857 bits per heavy atom. The predicted octanol–water partition coefficient (Wildman–Crippen LogP) is 8.44. The fourth-order valence-electron chi connectivity index (χ4n) is 9.40. The van der Waals surface area contributed by atoms with E-state index >= 15 is 0 Å². The quantitative estimate of drug-likeness (QED) is 0.144. The lowest BCUT2D eigenvalue weighted by Gasteiger charge is -2.39. The van der Waals surface area contributed by atoms with Gasteiger partial charge in [-0.25, -0.2) is 0 Å². The van der Waals surface area contributed by atoms with Gasteiger partial charge in [0.15, 0.2) is 5.75 Å². The number of anilines is 2. The molecule has 0 aliphatic carbocycles. The van der Waals surface area contributed by atoms with E-state index in [4.69, 9.17) is 14.2 Å². The van der Waals surface area contributed by atoms with Crippen LogP contribution in [-0.2, 0) is 28.9 Å². The molecule has 3 aliphatic heterocycles. The van der Waals surface area contributed by atoms with Gasteiger partial charge in [-0.2, -0.15) is 0 Å². The Kier molecular flexibility index (Phi) is 10.6. The van der Waals surface area contributed by atoms with Crippen molar-refractivity contribution in [2.24, 2.45) is 5.92 Å². The molecule has 8 rings (SSSR count). The first-order valence-corrected chi connectivity index (χ1v) is 22.8. The first-order valence-electron chi connectivity index (χ1n) is 19.7. The topological polar surface area (TPSA) is 88.5 Å². The molecule has 1 saturated heterocycles. The number of aliphatic hydroxyl groups excluding tert-OH is 1. The van der Waals surface area contributed by atoms with Crippen molar-refractivity contribution in [3.63, 3.8) is 0 Å². The molecule has 0 bridgehead atoms. The minimum Gasteiger partial charge on any atom is -0.497 e. The molecule has 5 aromatic carbocycles. The van der Waals surface area contributed by atoms with Crippen LogP contribution in [0.3, 0.4) is 0 Å². The van der Waals surface area contributed by atoms with Crippen LogP contribution in [0.4, 0.5) is 11.4 Å². The van der Waals surface area contributed by atoms with Crippen molar-refractivity contribution in [1.29, 1.82) is 0 Å². The molecule has 3 heterocycles. The van der Waals surface area contributed by atoms with E-state index in [9.17, 15) is 14.7 Å². The standard InChI is InChI=1S/C47H50N2O6Si/c1-31-41(25-20-32-12-11-15-35(26-32)49-40-17-8-10-19-43(40)55-42-18-9-7-16-39(42)47(49)52)54-44(46(31)56(3,4)38-23-21-37(53-2)22-24-38)28-45(51)48-29-34-14-6-5-13-33(34)27-36(48)30-50/h5-19,21-24,26,31,36,41,44,46,50H,20,25,27-30H2,1-4H3/t31-,36-,41+,44-,46+/m0/s1. The Balaban J connectivity index is 1.05. The van der Waals surface area contributed by atoms with E-state index in [-0.39, 0.29) is 54.6 Å². The number of aliphatic hydroxyl groups is 1. The number of hydrogen-bond donors (Lipinski definition) is 1. The maximum atomic E-state index is 14.3. The number of amides is 2. The lowest BCUT2D eigenvalue weighted by Crippen LogP contribution is -2.52. The summed E-state index contributed by atoms with van der Waals surface area (Å²) in [5.41, 5.74) is 5.58. The zero-order chi connectivity index (χ0) is 39.0. The van der Waals surface area contributed by atoms with E-state index in [2.05, 4.69) is 56.4 Å². The summed E-state index contributed by atoms with van der Waals surface area (Å²) < 4.78 is 18.8. The molecule has 0 aromatic heterocycles. The van der Waals surface area contributed by atoms with Gasteiger partial charge in [-0.15, -0.1) is 0 Å². The number of para-hydroxylation sites is 3. The molecule has 3 aliphatic rings. The molecule has 1 N–H and O–H groups in total. The van der Waals surface area contributed by atoms with E-state index in [0.717, 1.165) is 35.4 Å². The molecule has 0 radical (unpaired) electrons. The summed E-state index contributed by atoms with van der Waals surface area (Å²) in [5, 5.41) is 11.7. The van der Waals surface area contributed by atoms with Crippen LogP contribution >= 0.6 is 0 Å². The van der Waals surface area contributed by atoms with E-state index < -0.39 is 8.07 Å². The first-order chi connectivity index (χ1) is 27.2. The average molecular weight is 767 g/mol. The smallest absolute Gasteiger partial charge is 0.266 e. The Morgan fingerprint density at radius 3 is 2.34 bits per heavy atom. The highest BCUT2D eigenvalue weighted by atomic mass is 28.3. The second-order valence-electron chi connectivity index (χ2n) is 16.0. The van der Waals surface area contributed by atoms with Gasteiger partial charge in [0.1, 0.15) is 11.5 Å². The lowest BCUT2D eigenvalue weighted by atomic mass is 9.93. The summed E-state index contributed by atoms with van der Waals surface area (Å²) >= 11 is 0. The average Bonchev–Trinajstić information content (AvgIpc) is 3.47. The molecule has 0 saturated carbocycles. The van der Waals surface area contributed by atoms with Crippen LogP contribution in [0.25, 0.3) is 0 Å². The summed E-state index contributed by atoms with van der Waals surface area (Å²) in [6, 6.07) is 39.6. The number of benzene rings is 5. The SMILES string of the molecule is COc1ccc([Si](C)(C)[C@@H]2[C@@H](C)[C@@H](CCc3cccc(N4C(=O)c5ccccc5Oc5ccccc54)c3)O[C@H]2CC(=O)N2Cc3ccccc3C[C@H]2CO)cc1. The third kappa shape index (κ3) is 7.15. The molecule has 9 heteroatoms. The number of aryl methyl sites for hydroxylation is 1. The zero-order valence-corrected chi connectivity index (χ0v) is 33.6. The van der Waals surface area contributed by atoms with E-state index in [0.29, 0.717) is 35.7 Å². The lowest BCUT2D eigenvalue weighted by molar-refractivity contribution is -0.138. The van der Waals surface area contributed by atoms with Gasteiger partial charge in [0.05, 0.1) is 57.7 Å². The Bertz CT molecular complexity index is 2220. The normalized spacial score (nSPS) is 21.7. The van der Waals surface area contributed by atoms with Crippen LogP contribution in [0.1, 0.15) is 46.8 Å².